The minimum Gasteiger partial charge on any atom is -0.380 e. The summed E-state index contributed by atoms with van der Waals surface area (Å²) < 4.78 is 5.28. The lowest BCUT2D eigenvalue weighted by Gasteiger charge is -2.36. The van der Waals surface area contributed by atoms with Gasteiger partial charge in [-0.3, -0.25) is 0 Å². The maximum atomic E-state index is 5.28. The van der Waals surface area contributed by atoms with Crippen molar-refractivity contribution in [2.45, 2.75) is 6.42 Å². The SMILES string of the molecule is CN1CC(CCOCCN)C1. The van der Waals surface area contributed by atoms with Gasteiger partial charge in [0, 0.05) is 26.2 Å². The summed E-state index contributed by atoms with van der Waals surface area (Å²) in [5.74, 6) is 0.873. The van der Waals surface area contributed by atoms with Gasteiger partial charge in [0.05, 0.1) is 6.61 Å². The number of hydrogen-bond donors (Lipinski definition) is 1. The van der Waals surface area contributed by atoms with Crippen LogP contribution in [0.1, 0.15) is 6.42 Å². The standard InChI is InChI=1S/C8H18N2O/c1-10-6-8(7-10)2-4-11-5-3-9/h8H,2-7,9H2,1H3. The molecule has 0 saturated carbocycles. The third-order valence-electron chi connectivity index (χ3n) is 2.07. The van der Waals surface area contributed by atoms with Crippen LogP contribution >= 0.6 is 0 Å². The zero-order valence-corrected chi connectivity index (χ0v) is 7.25. The van der Waals surface area contributed by atoms with E-state index in [0.29, 0.717) is 13.2 Å². The van der Waals surface area contributed by atoms with Gasteiger partial charge in [-0.1, -0.05) is 0 Å². The smallest absolute Gasteiger partial charge is 0.0588 e. The molecule has 3 heteroatoms. The van der Waals surface area contributed by atoms with Gasteiger partial charge < -0.3 is 15.4 Å². The van der Waals surface area contributed by atoms with Crippen LogP contribution < -0.4 is 5.73 Å². The van der Waals surface area contributed by atoms with Crippen molar-refractivity contribution >= 4 is 0 Å². The molecule has 0 amide bonds. The molecule has 1 aliphatic heterocycles. The normalized spacial score (nSPS) is 20.2. The fraction of sp³-hybridized carbons (Fsp3) is 1.00. The van der Waals surface area contributed by atoms with E-state index in [4.69, 9.17) is 10.5 Å². The highest BCUT2D eigenvalue weighted by atomic mass is 16.5. The Labute approximate surface area is 68.5 Å². The summed E-state index contributed by atoms with van der Waals surface area (Å²) in [5.41, 5.74) is 5.28. The zero-order valence-electron chi connectivity index (χ0n) is 7.25. The van der Waals surface area contributed by atoms with Crippen molar-refractivity contribution in [3.05, 3.63) is 0 Å². The van der Waals surface area contributed by atoms with E-state index in [1.807, 2.05) is 0 Å². The maximum Gasteiger partial charge on any atom is 0.0588 e. The minimum atomic E-state index is 0.643. The summed E-state index contributed by atoms with van der Waals surface area (Å²) in [6.07, 6.45) is 1.20. The lowest BCUT2D eigenvalue weighted by molar-refractivity contribution is 0.0738. The van der Waals surface area contributed by atoms with Crippen molar-refractivity contribution in [2.24, 2.45) is 11.7 Å². The molecule has 0 aliphatic carbocycles. The lowest BCUT2D eigenvalue weighted by Crippen LogP contribution is -2.44. The summed E-state index contributed by atoms with van der Waals surface area (Å²) in [6.45, 7) is 4.72. The molecular formula is C8H18N2O. The van der Waals surface area contributed by atoms with Gasteiger partial charge in [0.15, 0.2) is 0 Å². The topological polar surface area (TPSA) is 38.5 Å². The second-order valence-corrected chi connectivity index (χ2v) is 3.28. The van der Waals surface area contributed by atoms with E-state index < -0.39 is 0 Å². The molecule has 0 aromatic heterocycles. The first kappa shape index (κ1) is 8.97. The molecule has 1 fully saturated rings. The van der Waals surface area contributed by atoms with Crippen LogP contribution in [0, 0.1) is 5.92 Å². The van der Waals surface area contributed by atoms with Gasteiger partial charge in [0.1, 0.15) is 0 Å². The second kappa shape index (κ2) is 4.70. The first-order chi connectivity index (χ1) is 5.33. The third kappa shape index (κ3) is 3.18. The van der Waals surface area contributed by atoms with Crippen LogP contribution in [0.3, 0.4) is 0 Å². The molecular weight excluding hydrogens is 140 g/mol. The highest BCUT2D eigenvalue weighted by molar-refractivity contribution is 4.76. The molecule has 0 aromatic carbocycles. The van der Waals surface area contributed by atoms with Crippen LogP contribution in [0.5, 0.6) is 0 Å². The Hall–Kier alpha value is -0.120. The molecule has 1 rings (SSSR count). The number of hydrogen-bond acceptors (Lipinski definition) is 3. The van der Waals surface area contributed by atoms with Gasteiger partial charge in [-0.15, -0.1) is 0 Å². The molecule has 0 bridgehead atoms. The van der Waals surface area contributed by atoms with E-state index in [9.17, 15) is 0 Å². The number of ether oxygens (including phenoxy) is 1. The predicted octanol–water partition coefficient (Wildman–Crippen LogP) is -0.0866. The lowest BCUT2D eigenvalue weighted by atomic mass is 9.98. The van der Waals surface area contributed by atoms with Crippen LogP contribution in [0.15, 0.2) is 0 Å². The molecule has 1 saturated heterocycles. The Balaban J connectivity index is 1.81. The van der Waals surface area contributed by atoms with Crippen molar-refractivity contribution in [1.29, 1.82) is 0 Å². The molecule has 1 aliphatic rings. The van der Waals surface area contributed by atoms with Gasteiger partial charge in [0.2, 0.25) is 0 Å². The first-order valence-corrected chi connectivity index (χ1v) is 4.29. The average molecular weight is 158 g/mol. The minimum absolute atomic E-state index is 0.643. The highest BCUT2D eigenvalue weighted by Gasteiger charge is 2.21. The molecule has 3 nitrogen and oxygen atoms in total. The van der Waals surface area contributed by atoms with E-state index in [0.717, 1.165) is 12.5 Å². The van der Waals surface area contributed by atoms with E-state index in [1.165, 1.54) is 19.5 Å². The summed E-state index contributed by atoms with van der Waals surface area (Å²) in [6, 6.07) is 0. The van der Waals surface area contributed by atoms with E-state index >= 15 is 0 Å². The number of likely N-dealkylation sites (tertiary alicyclic amines) is 1. The van der Waals surface area contributed by atoms with Crippen LogP contribution in [0.2, 0.25) is 0 Å². The van der Waals surface area contributed by atoms with Crippen molar-refractivity contribution in [1.82, 2.24) is 4.90 Å². The van der Waals surface area contributed by atoms with E-state index in [2.05, 4.69) is 11.9 Å². The fourth-order valence-corrected chi connectivity index (χ4v) is 1.45. The largest absolute Gasteiger partial charge is 0.380 e. The number of rotatable bonds is 5. The Morgan fingerprint density at radius 1 is 1.45 bits per heavy atom. The van der Waals surface area contributed by atoms with Gasteiger partial charge >= 0.3 is 0 Å². The molecule has 0 unspecified atom stereocenters. The molecule has 0 aromatic rings. The Morgan fingerprint density at radius 3 is 2.73 bits per heavy atom. The van der Waals surface area contributed by atoms with E-state index in [1.54, 1.807) is 0 Å². The van der Waals surface area contributed by atoms with Crippen molar-refractivity contribution in [3.8, 4) is 0 Å². The van der Waals surface area contributed by atoms with Crippen molar-refractivity contribution in [2.75, 3.05) is 39.9 Å². The first-order valence-electron chi connectivity index (χ1n) is 4.29. The maximum absolute atomic E-state index is 5.28. The van der Waals surface area contributed by atoms with Crippen LogP contribution in [-0.4, -0.2) is 44.8 Å². The highest BCUT2D eigenvalue weighted by Crippen LogP contribution is 2.15. The second-order valence-electron chi connectivity index (χ2n) is 3.28. The van der Waals surface area contributed by atoms with Crippen LogP contribution in [0.4, 0.5) is 0 Å². The molecule has 0 atom stereocenters. The van der Waals surface area contributed by atoms with Crippen LogP contribution in [-0.2, 0) is 4.74 Å². The predicted molar refractivity (Wildman–Crippen MR) is 45.5 cm³/mol. The monoisotopic (exact) mass is 158 g/mol. The summed E-state index contributed by atoms with van der Waals surface area (Å²) in [4.78, 5) is 2.33. The van der Waals surface area contributed by atoms with E-state index in [-0.39, 0.29) is 0 Å². The molecule has 66 valence electrons. The number of nitrogens with zero attached hydrogens (tertiary/aromatic N) is 1. The Kier molecular flexibility index (Phi) is 3.83. The molecule has 1 heterocycles. The van der Waals surface area contributed by atoms with Crippen molar-refractivity contribution in [3.63, 3.8) is 0 Å². The van der Waals surface area contributed by atoms with Gasteiger partial charge in [-0.25, -0.2) is 0 Å². The van der Waals surface area contributed by atoms with Gasteiger partial charge in [-0.05, 0) is 19.4 Å². The Morgan fingerprint density at radius 2 is 2.18 bits per heavy atom. The molecule has 0 spiro atoms. The van der Waals surface area contributed by atoms with Crippen molar-refractivity contribution < 1.29 is 4.74 Å². The summed E-state index contributed by atoms with van der Waals surface area (Å²) in [5, 5.41) is 0. The molecule has 11 heavy (non-hydrogen) atoms. The quantitative estimate of drug-likeness (QED) is 0.568. The number of nitrogens with two attached hydrogens (primary N) is 1. The molecule has 2 N–H and O–H groups in total. The molecule has 0 radical (unpaired) electrons. The van der Waals surface area contributed by atoms with Gasteiger partial charge in [-0.2, -0.15) is 0 Å². The Bertz CT molecular complexity index is 102. The fourth-order valence-electron chi connectivity index (χ4n) is 1.45. The zero-order chi connectivity index (χ0) is 8.10. The average Bonchev–Trinajstić information content (AvgIpc) is 1.94. The van der Waals surface area contributed by atoms with Crippen LogP contribution in [0.25, 0.3) is 0 Å². The summed E-state index contributed by atoms with van der Waals surface area (Å²) >= 11 is 0. The summed E-state index contributed by atoms with van der Waals surface area (Å²) in [7, 11) is 2.15. The van der Waals surface area contributed by atoms with Gasteiger partial charge in [0.25, 0.3) is 0 Å². The third-order valence-corrected chi connectivity index (χ3v) is 2.07.